The Labute approximate surface area is 231 Å². The van der Waals surface area contributed by atoms with Crippen molar-refractivity contribution in [1.82, 2.24) is 4.98 Å². The standard InChI is InChI=1S/C34H53N2O2/c1-23(21-36-19-17-35-18-20-36)24-9-14-34(22-37)16-15-32(5)25(29(24)34)7-8-27-31(4)12-11-28(38)30(2,3)26(31)10-13-33(27,32)6/h17-20,24-29,37-38H,1,7-16,21-22H2,2-6H3/q+1/t24-,25?,26?,27?,28-,29?,31-,32+,33+,34+/m0/s1. The second-order valence-electron chi connectivity index (χ2n) is 15.8. The summed E-state index contributed by atoms with van der Waals surface area (Å²) in [4.78, 5) is 4.20. The van der Waals surface area contributed by atoms with Crippen LogP contribution in [0, 0.1) is 56.7 Å². The molecule has 4 nitrogen and oxygen atoms in total. The van der Waals surface area contributed by atoms with Crippen LogP contribution in [-0.2, 0) is 6.54 Å². The minimum atomic E-state index is -0.166. The normalized spacial score (nSPS) is 49.3. The zero-order valence-electron chi connectivity index (χ0n) is 24.8. The molecule has 5 fully saturated rings. The minimum absolute atomic E-state index is 0.00358. The number of hydrogen-bond acceptors (Lipinski definition) is 3. The third-order valence-corrected chi connectivity index (χ3v) is 14.5. The molecule has 0 amide bonds. The highest BCUT2D eigenvalue weighted by molar-refractivity contribution is 5.21. The maximum Gasteiger partial charge on any atom is 0.187 e. The Morgan fingerprint density at radius 3 is 2.32 bits per heavy atom. The van der Waals surface area contributed by atoms with Crippen LogP contribution in [0.25, 0.3) is 0 Å². The van der Waals surface area contributed by atoms with E-state index in [4.69, 9.17) is 0 Å². The fourth-order valence-electron chi connectivity index (χ4n) is 12.3. The minimum Gasteiger partial charge on any atom is -0.396 e. The number of allylic oxidation sites excluding steroid dienone is 1. The molecule has 0 aliphatic heterocycles. The first-order valence-corrected chi connectivity index (χ1v) is 15.7. The van der Waals surface area contributed by atoms with E-state index in [0.717, 1.165) is 25.3 Å². The number of aliphatic hydroxyl groups excluding tert-OH is 2. The molecule has 0 aromatic carbocycles. The van der Waals surface area contributed by atoms with Crippen LogP contribution in [0.2, 0.25) is 0 Å². The largest absolute Gasteiger partial charge is 0.396 e. The fraction of sp³-hybridized carbons (Fsp3) is 0.824. The van der Waals surface area contributed by atoms with Gasteiger partial charge in [0.05, 0.1) is 18.5 Å². The van der Waals surface area contributed by atoms with Gasteiger partial charge >= 0.3 is 0 Å². The zero-order chi connectivity index (χ0) is 27.1. The first-order chi connectivity index (χ1) is 17.9. The van der Waals surface area contributed by atoms with Crippen molar-refractivity contribution < 1.29 is 14.8 Å². The van der Waals surface area contributed by atoms with E-state index >= 15 is 0 Å². The van der Waals surface area contributed by atoms with Gasteiger partial charge in [0.1, 0.15) is 0 Å². The van der Waals surface area contributed by atoms with Crippen LogP contribution in [0.1, 0.15) is 98.8 Å². The maximum absolute atomic E-state index is 11.0. The number of hydrogen-bond donors (Lipinski definition) is 2. The molecular weight excluding hydrogens is 468 g/mol. The molecule has 4 unspecified atom stereocenters. The summed E-state index contributed by atoms with van der Waals surface area (Å²) in [6, 6.07) is 0. The van der Waals surface area contributed by atoms with E-state index in [9.17, 15) is 10.2 Å². The molecule has 1 heterocycles. The molecule has 38 heavy (non-hydrogen) atoms. The molecule has 5 aliphatic rings. The third kappa shape index (κ3) is 3.47. The molecule has 2 N–H and O–H groups in total. The Kier molecular flexibility index (Phi) is 6.29. The smallest absolute Gasteiger partial charge is 0.187 e. The van der Waals surface area contributed by atoms with Crippen molar-refractivity contribution in [3.8, 4) is 0 Å². The van der Waals surface area contributed by atoms with Crippen molar-refractivity contribution in [1.29, 1.82) is 0 Å². The number of nitrogens with zero attached hydrogens (tertiary/aromatic N) is 2. The van der Waals surface area contributed by atoms with Crippen LogP contribution in [0.3, 0.4) is 0 Å². The monoisotopic (exact) mass is 521 g/mol. The van der Waals surface area contributed by atoms with Crippen molar-refractivity contribution in [2.75, 3.05) is 6.61 Å². The quantitative estimate of drug-likeness (QED) is 0.358. The van der Waals surface area contributed by atoms with Gasteiger partial charge in [-0.15, -0.1) is 0 Å². The Bertz CT molecular complexity index is 1070. The van der Waals surface area contributed by atoms with Gasteiger partial charge in [0.15, 0.2) is 18.9 Å². The first-order valence-electron chi connectivity index (χ1n) is 15.7. The van der Waals surface area contributed by atoms with Crippen LogP contribution in [0.4, 0.5) is 0 Å². The Balaban J connectivity index is 1.34. The van der Waals surface area contributed by atoms with Gasteiger partial charge in [-0.1, -0.05) is 41.2 Å². The lowest BCUT2D eigenvalue weighted by Crippen LogP contribution is -2.66. The highest BCUT2D eigenvalue weighted by Gasteiger charge is 2.70. The van der Waals surface area contributed by atoms with Gasteiger partial charge in [-0.3, -0.25) is 4.98 Å². The van der Waals surface area contributed by atoms with Crippen LogP contribution in [0.15, 0.2) is 36.9 Å². The van der Waals surface area contributed by atoms with E-state index in [1.165, 1.54) is 56.9 Å². The number of aliphatic hydroxyl groups is 2. The summed E-state index contributed by atoms with van der Waals surface area (Å²) in [5.41, 5.74) is 2.34. The van der Waals surface area contributed by atoms with Crippen LogP contribution in [-0.4, -0.2) is 27.9 Å². The van der Waals surface area contributed by atoms with Crippen molar-refractivity contribution >= 4 is 0 Å². The van der Waals surface area contributed by atoms with E-state index < -0.39 is 0 Å². The van der Waals surface area contributed by atoms with Crippen molar-refractivity contribution in [2.45, 2.75) is 111 Å². The predicted octanol–water partition coefficient (Wildman–Crippen LogP) is 6.36. The molecule has 0 radical (unpaired) electrons. The lowest BCUT2D eigenvalue weighted by molar-refractivity contribution is -0.690. The molecule has 1 aromatic heterocycles. The zero-order valence-corrected chi connectivity index (χ0v) is 24.8. The van der Waals surface area contributed by atoms with E-state index in [-0.39, 0.29) is 16.9 Å². The van der Waals surface area contributed by atoms with Gasteiger partial charge in [0.25, 0.3) is 0 Å². The number of aromatic nitrogens is 2. The summed E-state index contributed by atoms with van der Waals surface area (Å²) in [5.74, 6) is 3.00. The fourth-order valence-corrected chi connectivity index (χ4v) is 12.3. The molecule has 5 aliphatic carbocycles. The van der Waals surface area contributed by atoms with E-state index in [0.29, 0.717) is 46.5 Å². The van der Waals surface area contributed by atoms with Gasteiger partial charge in [0.2, 0.25) is 0 Å². The highest BCUT2D eigenvalue weighted by atomic mass is 16.3. The molecule has 4 heteroatoms. The summed E-state index contributed by atoms with van der Waals surface area (Å²) >= 11 is 0. The average molecular weight is 522 g/mol. The molecule has 6 rings (SSSR count). The molecule has 1 aromatic rings. The summed E-state index contributed by atoms with van der Waals surface area (Å²) in [7, 11) is 0. The number of rotatable bonds is 4. The lowest BCUT2D eigenvalue weighted by atomic mass is 9.32. The maximum atomic E-state index is 11.0. The van der Waals surface area contributed by atoms with Crippen molar-refractivity contribution in [2.24, 2.45) is 56.7 Å². The molecule has 210 valence electrons. The Morgan fingerprint density at radius 1 is 0.868 bits per heavy atom. The van der Waals surface area contributed by atoms with Gasteiger partial charge in [-0.25, -0.2) is 0 Å². The summed E-state index contributed by atoms with van der Waals surface area (Å²) in [6.07, 6.45) is 19.7. The SMILES string of the molecule is C=C(C[n+]1ccncc1)[C@@H]1CC[C@]2(CO)CC[C@]3(C)C(CCC4[C@@]5(C)CC[C@H](O)C(C)(C)C5CC[C@]43C)C12. The second kappa shape index (κ2) is 8.87. The van der Waals surface area contributed by atoms with Crippen LogP contribution in [0.5, 0.6) is 0 Å². The summed E-state index contributed by atoms with van der Waals surface area (Å²) in [5, 5.41) is 21.9. The number of fused-ring (bicyclic) bond motifs is 7. The Hall–Kier alpha value is -1.26. The van der Waals surface area contributed by atoms with Crippen molar-refractivity contribution in [3.63, 3.8) is 0 Å². The second-order valence-corrected chi connectivity index (χ2v) is 15.8. The summed E-state index contributed by atoms with van der Waals surface area (Å²) < 4.78 is 2.22. The molecule has 0 saturated heterocycles. The molecule has 10 atom stereocenters. The topological polar surface area (TPSA) is 57.2 Å². The van der Waals surface area contributed by atoms with Crippen LogP contribution < -0.4 is 4.57 Å². The third-order valence-electron chi connectivity index (χ3n) is 14.5. The van der Waals surface area contributed by atoms with E-state index in [1.54, 1.807) is 0 Å². The van der Waals surface area contributed by atoms with Gasteiger partial charge < -0.3 is 10.2 Å². The molecule has 0 spiro atoms. The molecule has 0 bridgehead atoms. The van der Waals surface area contributed by atoms with E-state index in [2.05, 4.69) is 63.1 Å². The summed E-state index contributed by atoms with van der Waals surface area (Å²) in [6.45, 7) is 18.5. The highest BCUT2D eigenvalue weighted by Crippen LogP contribution is 2.77. The van der Waals surface area contributed by atoms with Crippen LogP contribution >= 0.6 is 0 Å². The van der Waals surface area contributed by atoms with Gasteiger partial charge in [-0.2, -0.15) is 4.57 Å². The first kappa shape index (κ1) is 26.9. The lowest BCUT2D eigenvalue weighted by Gasteiger charge is -2.73. The van der Waals surface area contributed by atoms with Crippen molar-refractivity contribution in [3.05, 3.63) is 36.9 Å². The Morgan fingerprint density at radius 2 is 1.61 bits per heavy atom. The van der Waals surface area contributed by atoms with Gasteiger partial charge in [0, 0.05) is 6.61 Å². The predicted molar refractivity (Wildman–Crippen MR) is 151 cm³/mol. The van der Waals surface area contributed by atoms with Gasteiger partial charge in [-0.05, 0) is 126 Å². The van der Waals surface area contributed by atoms with E-state index in [1.807, 2.05) is 12.4 Å². The molecule has 5 saturated carbocycles. The molecular formula is C34H53N2O2+. The average Bonchev–Trinajstić information content (AvgIpc) is 3.28.